The number of thiol groups is 1. The molecule has 0 aliphatic heterocycles. The van der Waals surface area contributed by atoms with E-state index in [1.54, 1.807) is 20.4 Å². The van der Waals surface area contributed by atoms with Gasteiger partial charge in [0.2, 0.25) is 5.88 Å². The summed E-state index contributed by atoms with van der Waals surface area (Å²) in [5, 5.41) is 3.25. The molecule has 1 aromatic heterocycles. The second kappa shape index (κ2) is 9.39. The van der Waals surface area contributed by atoms with Crippen LogP contribution in [0.15, 0.2) is 36.5 Å². The summed E-state index contributed by atoms with van der Waals surface area (Å²) in [6, 6.07) is 9.40. The third kappa shape index (κ3) is 4.93. The zero-order valence-electron chi connectivity index (χ0n) is 14.7. The average Bonchev–Trinajstić information content (AvgIpc) is 2.66. The molecule has 2 atom stereocenters. The SMILES string of the molecule is COc1cccc(C(C)Oc2ncccc2NCC(N)CS)c1OC. The normalized spacial score (nSPS) is 13.0. The van der Waals surface area contributed by atoms with Gasteiger partial charge in [0.05, 0.1) is 19.9 Å². The Labute approximate surface area is 154 Å². The van der Waals surface area contributed by atoms with Crippen molar-refractivity contribution in [3.05, 3.63) is 42.1 Å². The molecule has 0 amide bonds. The van der Waals surface area contributed by atoms with E-state index in [-0.39, 0.29) is 12.1 Å². The van der Waals surface area contributed by atoms with Gasteiger partial charge in [-0.25, -0.2) is 4.98 Å². The Balaban J connectivity index is 2.20. The highest BCUT2D eigenvalue weighted by molar-refractivity contribution is 7.80. The molecule has 0 spiro atoms. The van der Waals surface area contributed by atoms with E-state index in [1.165, 1.54) is 0 Å². The van der Waals surface area contributed by atoms with Gasteiger partial charge in [0.15, 0.2) is 11.5 Å². The van der Waals surface area contributed by atoms with Crippen LogP contribution >= 0.6 is 12.6 Å². The van der Waals surface area contributed by atoms with E-state index in [0.717, 1.165) is 11.3 Å². The summed E-state index contributed by atoms with van der Waals surface area (Å²) in [5.41, 5.74) is 7.57. The number of benzene rings is 1. The standard InChI is InChI=1S/C18H25N3O3S/c1-12(14-6-4-8-16(22-2)17(14)23-3)24-18-15(7-5-9-20-18)21-10-13(19)11-25/h4-9,12-13,21,25H,10-11,19H2,1-3H3. The van der Waals surface area contributed by atoms with Gasteiger partial charge in [-0.1, -0.05) is 12.1 Å². The first kappa shape index (κ1) is 19.2. The molecule has 2 rings (SSSR count). The lowest BCUT2D eigenvalue weighted by Crippen LogP contribution is -2.30. The van der Waals surface area contributed by atoms with Crippen molar-refractivity contribution < 1.29 is 14.2 Å². The molecule has 25 heavy (non-hydrogen) atoms. The maximum Gasteiger partial charge on any atom is 0.237 e. The zero-order valence-corrected chi connectivity index (χ0v) is 15.6. The molecule has 0 bridgehead atoms. The van der Waals surface area contributed by atoms with Crippen LogP contribution in [0.2, 0.25) is 0 Å². The molecule has 0 aliphatic carbocycles. The number of nitrogens with one attached hydrogen (secondary N) is 1. The van der Waals surface area contributed by atoms with Crippen LogP contribution in [0, 0.1) is 0 Å². The van der Waals surface area contributed by atoms with Gasteiger partial charge >= 0.3 is 0 Å². The molecule has 0 radical (unpaired) electrons. The molecule has 2 aromatic rings. The largest absolute Gasteiger partial charge is 0.493 e. The van der Waals surface area contributed by atoms with Gasteiger partial charge in [-0.2, -0.15) is 12.6 Å². The van der Waals surface area contributed by atoms with E-state index in [0.29, 0.717) is 29.7 Å². The second-order valence-electron chi connectivity index (χ2n) is 5.52. The fourth-order valence-corrected chi connectivity index (χ4v) is 2.52. The smallest absolute Gasteiger partial charge is 0.237 e. The number of hydrogen-bond acceptors (Lipinski definition) is 7. The van der Waals surface area contributed by atoms with Crippen LogP contribution in [0.25, 0.3) is 0 Å². The van der Waals surface area contributed by atoms with E-state index >= 15 is 0 Å². The van der Waals surface area contributed by atoms with Gasteiger partial charge in [-0.3, -0.25) is 0 Å². The molecule has 0 fully saturated rings. The van der Waals surface area contributed by atoms with E-state index in [2.05, 4.69) is 22.9 Å². The first-order chi connectivity index (χ1) is 12.1. The van der Waals surface area contributed by atoms with Crippen molar-refractivity contribution >= 4 is 18.3 Å². The van der Waals surface area contributed by atoms with Crippen molar-refractivity contribution in [3.8, 4) is 17.4 Å². The van der Waals surface area contributed by atoms with E-state index in [9.17, 15) is 0 Å². The molecule has 6 nitrogen and oxygen atoms in total. The number of anilines is 1. The summed E-state index contributed by atoms with van der Waals surface area (Å²) in [4.78, 5) is 4.33. The topological polar surface area (TPSA) is 78.6 Å². The van der Waals surface area contributed by atoms with Gasteiger partial charge in [0, 0.05) is 30.1 Å². The van der Waals surface area contributed by atoms with Crippen molar-refractivity contribution in [2.24, 2.45) is 5.73 Å². The summed E-state index contributed by atoms with van der Waals surface area (Å²) in [6.45, 7) is 2.53. The molecular formula is C18H25N3O3S. The molecular weight excluding hydrogens is 338 g/mol. The van der Waals surface area contributed by atoms with Crippen molar-refractivity contribution in [1.29, 1.82) is 0 Å². The number of para-hydroxylation sites is 1. The van der Waals surface area contributed by atoms with Gasteiger partial charge in [-0.05, 0) is 25.1 Å². The Morgan fingerprint density at radius 2 is 2.00 bits per heavy atom. The lowest BCUT2D eigenvalue weighted by atomic mass is 10.1. The number of methoxy groups -OCH3 is 2. The van der Waals surface area contributed by atoms with Gasteiger partial charge in [-0.15, -0.1) is 0 Å². The number of rotatable bonds is 9. The van der Waals surface area contributed by atoms with Crippen LogP contribution in [0.3, 0.4) is 0 Å². The monoisotopic (exact) mass is 363 g/mol. The Morgan fingerprint density at radius 1 is 1.20 bits per heavy atom. The van der Waals surface area contributed by atoms with Gasteiger partial charge in [0.25, 0.3) is 0 Å². The minimum absolute atomic E-state index is 0.0488. The number of ether oxygens (including phenoxy) is 3. The van der Waals surface area contributed by atoms with Gasteiger partial charge < -0.3 is 25.3 Å². The minimum atomic E-state index is -0.279. The predicted octanol–water partition coefficient (Wildman–Crippen LogP) is 2.91. The highest BCUT2D eigenvalue weighted by atomic mass is 32.1. The lowest BCUT2D eigenvalue weighted by Gasteiger charge is -2.20. The summed E-state index contributed by atoms with van der Waals surface area (Å²) in [5.74, 6) is 2.42. The number of pyridine rings is 1. The summed E-state index contributed by atoms with van der Waals surface area (Å²) >= 11 is 4.19. The van der Waals surface area contributed by atoms with Crippen LogP contribution < -0.4 is 25.3 Å². The summed E-state index contributed by atoms with van der Waals surface area (Å²) < 4.78 is 16.9. The van der Waals surface area contributed by atoms with E-state index < -0.39 is 0 Å². The van der Waals surface area contributed by atoms with E-state index in [4.69, 9.17) is 19.9 Å². The molecule has 136 valence electrons. The zero-order chi connectivity index (χ0) is 18.2. The molecule has 7 heteroatoms. The maximum absolute atomic E-state index is 6.07. The number of hydrogen-bond donors (Lipinski definition) is 3. The quantitative estimate of drug-likeness (QED) is 0.595. The van der Waals surface area contributed by atoms with Crippen LogP contribution in [0.5, 0.6) is 17.4 Å². The summed E-state index contributed by atoms with van der Waals surface area (Å²) in [7, 11) is 3.22. The Kier molecular flexibility index (Phi) is 7.21. The van der Waals surface area contributed by atoms with Crippen LogP contribution in [-0.2, 0) is 0 Å². The molecule has 0 aliphatic rings. The summed E-state index contributed by atoms with van der Waals surface area (Å²) in [6.07, 6.45) is 1.41. The number of nitrogens with zero attached hydrogens (tertiary/aromatic N) is 1. The number of nitrogens with two attached hydrogens (primary N) is 1. The van der Waals surface area contributed by atoms with Crippen molar-refractivity contribution in [1.82, 2.24) is 4.98 Å². The molecule has 1 heterocycles. The fraction of sp³-hybridized carbons (Fsp3) is 0.389. The highest BCUT2D eigenvalue weighted by Crippen LogP contribution is 2.37. The van der Waals surface area contributed by atoms with E-state index in [1.807, 2.05) is 37.3 Å². The first-order valence-corrected chi connectivity index (χ1v) is 8.66. The van der Waals surface area contributed by atoms with Gasteiger partial charge in [0.1, 0.15) is 6.10 Å². The minimum Gasteiger partial charge on any atom is -0.493 e. The first-order valence-electron chi connectivity index (χ1n) is 8.03. The molecule has 0 saturated heterocycles. The Morgan fingerprint density at radius 3 is 2.68 bits per heavy atom. The third-order valence-electron chi connectivity index (χ3n) is 3.72. The van der Waals surface area contributed by atoms with Crippen LogP contribution in [0.1, 0.15) is 18.6 Å². The Bertz CT molecular complexity index is 684. The number of aromatic nitrogens is 1. The predicted molar refractivity (Wildman–Crippen MR) is 103 cm³/mol. The highest BCUT2D eigenvalue weighted by Gasteiger charge is 2.18. The fourth-order valence-electron chi connectivity index (χ4n) is 2.39. The van der Waals surface area contributed by atoms with Crippen molar-refractivity contribution in [3.63, 3.8) is 0 Å². The Hall–Kier alpha value is -2.12. The molecule has 3 N–H and O–H groups in total. The van der Waals surface area contributed by atoms with Crippen LogP contribution in [0.4, 0.5) is 5.69 Å². The molecule has 2 unspecified atom stereocenters. The lowest BCUT2D eigenvalue weighted by molar-refractivity contribution is 0.212. The maximum atomic E-state index is 6.07. The molecule has 0 saturated carbocycles. The van der Waals surface area contributed by atoms with Crippen molar-refractivity contribution in [2.75, 3.05) is 31.8 Å². The average molecular weight is 363 g/mol. The van der Waals surface area contributed by atoms with Crippen molar-refractivity contribution in [2.45, 2.75) is 19.1 Å². The third-order valence-corrected chi connectivity index (χ3v) is 4.19. The second-order valence-corrected chi connectivity index (χ2v) is 5.89. The molecule has 1 aromatic carbocycles. The van der Waals surface area contributed by atoms with Crippen LogP contribution in [-0.4, -0.2) is 37.5 Å².